The van der Waals surface area contributed by atoms with Gasteiger partial charge in [0.1, 0.15) is 12.4 Å². The molecule has 21 heavy (non-hydrogen) atoms. The number of aliphatic hydroxyl groups excluding tert-OH is 1. The zero-order valence-corrected chi connectivity index (χ0v) is 13.3. The van der Waals surface area contributed by atoms with Gasteiger partial charge < -0.3 is 9.84 Å². The van der Waals surface area contributed by atoms with Crippen molar-refractivity contribution in [1.29, 1.82) is 0 Å². The Morgan fingerprint density at radius 1 is 1.71 bits per heavy atom. The summed E-state index contributed by atoms with van der Waals surface area (Å²) >= 11 is 5.39. The molecule has 0 aromatic carbocycles. The van der Waals surface area contributed by atoms with Crippen LogP contribution in [0.1, 0.15) is 6.42 Å². The first-order chi connectivity index (χ1) is 9.92. The van der Waals surface area contributed by atoms with Crippen LogP contribution < -0.4 is 0 Å². The van der Waals surface area contributed by atoms with Crippen molar-refractivity contribution in [3.8, 4) is 0 Å². The van der Waals surface area contributed by atoms with Crippen LogP contribution in [0.4, 0.5) is 0 Å². The highest BCUT2D eigenvalue weighted by molar-refractivity contribution is 7.88. The highest BCUT2D eigenvalue weighted by atomic mass is 35.5. The summed E-state index contributed by atoms with van der Waals surface area (Å²) in [4.78, 5) is 4.17. The molecule has 0 bridgehead atoms. The number of sulfonamides is 1. The van der Waals surface area contributed by atoms with Crippen molar-refractivity contribution >= 4 is 27.5 Å². The highest BCUT2D eigenvalue weighted by Crippen LogP contribution is 2.23. The predicted molar refractivity (Wildman–Crippen MR) is 83.4 cm³/mol. The molecule has 1 atom stereocenters. The normalized spacial score (nSPS) is 20.5. The van der Waals surface area contributed by atoms with Gasteiger partial charge in [0, 0.05) is 24.6 Å². The Labute approximate surface area is 130 Å². The van der Waals surface area contributed by atoms with Crippen LogP contribution in [0, 0.1) is 5.92 Å². The lowest BCUT2D eigenvalue weighted by Gasteiger charge is -2.30. The van der Waals surface area contributed by atoms with Gasteiger partial charge in [0.15, 0.2) is 0 Å². The van der Waals surface area contributed by atoms with E-state index in [9.17, 15) is 13.5 Å². The van der Waals surface area contributed by atoms with E-state index < -0.39 is 10.0 Å². The number of hydrogen-bond acceptors (Lipinski definition) is 5. The quantitative estimate of drug-likeness (QED) is 0.589. The molecular formula is C13H19ClN2O4S. The molecule has 8 heteroatoms. The lowest BCUT2D eigenvalue weighted by atomic mass is 10.0. The van der Waals surface area contributed by atoms with Crippen molar-refractivity contribution in [2.24, 2.45) is 10.9 Å². The van der Waals surface area contributed by atoms with E-state index in [4.69, 9.17) is 16.3 Å². The molecule has 118 valence electrons. The Morgan fingerprint density at radius 3 is 2.95 bits per heavy atom. The molecule has 1 rings (SSSR count). The van der Waals surface area contributed by atoms with Crippen molar-refractivity contribution in [3.63, 3.8) is 0 Å². The average molecular weight is 335 g/mol. The Kier molecular flexibility index (Phi) is 6.94. The van der Waals surface area contributed by atoms with Gasteiger partial charge in [0.25, 0.3) is 0 Å². The molecule has 0 unspecified atom stereocenters. The average Bonchev–Trinajstić information content (AvgIpc) is 2.45. The molecule has 0 saturated carbocycles. The summed E-state index contributed by atoms with van der Waals surface area (Å²) in [5.41, 5.74) is 1.31. The monoisotopic (exact) mass is 334 g/mol. The maximum Gasteiger partial charge on any atom is 0.233 e. The molecule has 0 spiro atoms. The molecule has 0 aromatic heterocycles. The second kappa shape index (κ2) is 8.21. The molecule has 0 amide bonds. The van der Waals surface area contributed by atoms with Crippen LogP contribution >= 0.6 is 11.6 Å². The van der Waals surface area contributed by atoms with Crippen molar-refractivity contribution in [3.05, 3.63) is 36.2 Å². The van der Waals surface area contributed by atoms with Gasteiger partial charge in [0.05, 0.1) is 6.26 Å². The lowest BCUT2D eigenvalue weighted by Crippen LogP contribution is -2.37. The minimum Gasteiger partial charge on any atom is -0.473 e. The van der Waals surface area contributed by atoms with Crippen LogP contribution in [0.25, 0.3) is 0 Å². The van der Waals surface area contributed by atoms with Crippen LogP contribution in [-0.4, -0.2) is 49.7 Å². The van der Waals surface area contributed by atoms with Crippen LogP contribution in [0.2, 0.25) is 0 Å². The largest absolute Gasteiger partial charge is 0.473 e. The van der Waals surface area contributed by atoms with Gasteiger partial charge in [0.2, 0.25) is 15.9 Å². The van der Waals surface area contributed by atoms with E-state index in [0.29, 0.717) is 6.42 Å². The number of ether oxygens (including phenoxy) is 1. The molecule has 0 aliphatic carbocycles. The van der Waals surface area contributed by atoms with Crippen molar-refractivity contribution in [1.82, 2.24) is 4.31 Å². The van der Waals surface area contributed by atoms with Gasteiger partial charge in [-0.05, 0) is 24.6 Å². The molecular weight excluding hydrogens is 316 g/mol. The number of nitrogens with zero attached hydrogens (tertiary/aromatic N) is 2. The first-order valence-corrected chi connectivity index (χ1v) is 8.58. The zero-order chi connectivity index (χ0) is 15.9. The van der Waals surface area contributed by atoms with Crippen molar-refractivity contribution < 1.29 is 18.3 Å². The maximum atomic E-state index is 11.8. The number of rotatable bonds is 6. The van der Waals surface area contributed by atoms with Crippen LogP contribution in [0.5, 0.6) is 0 Å². The van der Waals surface area contributed by atoms with E-state index in [1.807, 2.05) is 0 Å². The third kappa shape index (κ3) is 5.53. The Hall–Kier alpha value is -1.31. The number of allylic oxidation sites excluding steroid dienone is 1. The lowest BCUT2D eigenvalue weighted by molar-refractivity contribution is 0.202. The van der Waals surface area contributed by atoms with Gasteiger partial charge >= 0.3 is 0 Å². The number of hydrogen-bond donors (Lipinski definition) is 1. The van der Waals surface area contributed by atoms with Gasteiger partial charge in [-0.25, -0.2) is 8.42 Å². The van der Waals surface area contributed by atoms with E-state index in [-0.39, 0.29) is 37.4 Å². The standard InChI is InChI=1S/C13H19ClN2O4S/c1-3-13(20-8-4-7-14)15-12-6-5-11(10-17)9-16(12)21(2,18)19/h3-4,6-7,11,17H,1,5,8-10H2,2H3/b7-4-,15-13+/t11-/m1/s1. The minimum atomic E-state index is -3.48. The van der Waals surface area contributed by atoms with Crippen LogP contribution in [0.3, 0.4) is 0 Å². The third-order valence-electron chi connectivity index (χ3n) is 2.79. The first kappa shape index (κ1) is 17.7. The predicted octanol–water partition coefficient (Wildman–Crippen LogP) is 1.46. The number of halogens is 1. The van der Waals surface area contributed by atoms with Crippen molar-refractivity contribution in [2.45, 2.75) is 6.42 Å². The van der Waals surface area contributed by atoms with E-state index >= 15 is 0 Å². The summed E-state index contributed by atoms with van der Waals surface area (Å²) in [5, 5.41) is 9.18. The van der Waals surface area contributed by atoms with Gasteiger partial charge in [-0.15, -0.1) is 0 Å². The Bertz CT molecular complexity index is 555. The molecule has 0 radical (unpaired) electrons. The maximum absolute atomic E-state index is 11.8. The van der Waals surface area contributed by atoms with E-state index in [1.165, 1.54) is 11.6 Å². The van der Waals surface area contributed by atoms with Crippen LogP contribution in [0.15, 0.2) is 41.2 Å². The summed E-state index contributed by atoms with van der Waals surface area (Å²) in [6, 6.07) is 0. The second-order valence-electron chi connectivity index (χ2n) is 4.47. The zero-order valence-electron chi connectivity index (χ0n) is 11.8. The summed E-state index contributed by atoms with van der Waals surface area (Å²) in [5.74, 6) is 0.338. The molecule has 1 aliphatic rings. The number of aliphatic hydroxyl groups is 1. The fourth-order valence-corrected chi connectivity index (χ4v) is 2.74. The van der Waals surface area contributed by atoms with Crippen molar-refractivity contribution in [2.75, 3.05) is 26.0 Å². The first-order valence-electron chi connectivity index (χ1n) is 6.30. The fourth-order valence-electron chi connectivity index (χ4n) is 1.74. The summed E-state index contributed by atoms with van der Waals surface area (Å²) < 4.78 is 30.1. The topological polar surface area (TPSA) is 79.2 Å². The Morgan fingerprint density at radius 2 is 2.43 bits per heavy atom. The molecule has 0 saturated heterocycles. The summed E-state index contributed by atoms with van der Waals surface area (Å²) in [6.45, 7) is 3.90. The van der Waals surface area contributed by atoms with Crippen LogP contribution in [-0.2, 0) is 14.8 Å². The molecule has 6 nitrogen and oxygen atoms in total. The summed E-state index contributed by atoms with van der Waals surface area (Å²) in [7, 11) is -3.48. The number of aliphatic imine (C=N–C) groups is 1. The van der Waals surface area contributed by atoms with Gasteiger partial charge in [-0.2, -0.15) is 4.99 Å². The molecule has 0 fully saturated rings. The fraction of sp³-hybridized carbons (Fsp3) is 0.462. The SMILES string of the molecule is C=C/C(=N\C1=CC[C@@H](CO)CN1S(C)(=O)=O)OC/C=C\Cl. The van der Waals surface area contributed by atoms with E-state index in [0.717, 1.165) is 10.6 Å². The second-order valence-corrected chi connectivity index (χ2v) is 6.63. The summed E-state index contributed by atoms with van der Waals surface area (Å²) in [6.07, 6.45) is 6.28. The molecule has 0 aromatic rings. The van der Waals surface area contributed by atoms with E-state index in [2.05, 4.69) is 11.6 Å². The molecule has 1 aliphatic heterocycles. The van der Waals surface area contributed by atoms with Gasteiger partial charge in [-0.1, -0.05) is 18.2 Å². The smallest absolute Gasteiger partial charge is 0.233 e. The highest BCUT2D eigenvalue weighted by Gasteiger charge is 2.27. The van der Waals surface area contributed by atoms with E-state index in [1.54, 1.807) is 12.2 Å². The third-order valence-corrected chi connectivity index (χ3v) is 4.10. The molecule has 1 N–H and O–H groups in total. The molecule has 1 heterocycles. The van der Waals surface area contributed by atoms with Gasteiger partial charge in [-0.3, -0.25) is 4.31 Å². The Balaban J connectivity index is 3.00. The minimum absolute atomic E-state index is 0.0785.